The zero-order valence-corrected chi connectivity index (χ0v) is 15.6. The molecule has 0 N–H and O–H groups in total. The highest BCUT2D eigenvalue weighted by atomic mass is 35.5. The molecule has 27 heavy (non-hydrogen) atoms. The smallest absolute Gasteiger partial charge is 0.287 e. The second-order valence-electron chi connectivity index (χ2n) is 5.91. The van der Waals surface area contributed by atoms with E-state index in [2.05, 4.69) is 5.10 Å². The minimum absolute atomic E-state index is 0.0344. The zero-order valence-electron chi connectivity index (χ0n) is 14.0. The molecule has 1 saturated heterocycles. The Morgan fingerprint density at radius 2 is 1.78 bits per heavy atom. The Kier molecular flexibility index (Phi) is 5.62. The molecule has 0 saturated carbocycles. The third kappa shape index (κ3) is 4.20. The number of halogens is 2. The SMILES string of the molecule is O=C(Cn1ncc(Cl)c(Cl)c1=O)N1CCN(c2ccc([N+](=O)[O-])cc2)CC1. The number of benzene rings is 1. The summed E-state index contributed by atoms with van der Waals surface area (Å²) < 4.78 is 0.985. The molecule has 9 nitrogen and oxygen atoms in total. The van der Waals surface area contributed by atoms with E-state index in [-0.39, 0.29) is 28.2 Å². The quantitative estimate of drug-likeness (QED) is 0.561. The monoisotopic (exact) mass is 411 g/mol. The predicted octanol–water partition coefficient (Wildman–Crippen LogP) is 1.81. The van der Waals surface area contributed by atoms with Crippen molar-refractivity contribution < 1.29 is 9.72 Å². The molecule has 2 heterocycles. The van der Waals surface area contributed by atoms with Gasteiger partial charge in [0.05, 0.1) is 16.1 Å². The topological polar surface area (TPSA) is 102 Å². The number of piperazine rings is 1. The molecule has 1 fully saturated rings. The first-order chi connectivity index (χ1) is 12.9. The van der Waals surface area contributed by atoms with Crippen LogP contribution in [0.25, 0.3) is 0 Å². The van der Waals surface area contributed by atoms with Crippen molar-refractivity contribution in [2.45, 2.75) is 6.54 Å². The van der Waals surface area contributed by atoms with Gasteiger partial charge in [0.15, 0.2) is 0 Å². The van der Waals surface area contributed by atoms with Crippen LogP contribution in [0.5, 0.6) is 0 Å². The Labute approximate surface area is 163 Å². The molecule has 1 aromatic carbocycles. The minimum atomic E-state index is -0.609. The molecule has 0 unspecified atom stereocenters. The van der Waals surface area contributed by atoms with Crippen LogP contribution < -0.4 is 10.5 Å². The summed E-state index contributed by atoms with van der Waals surface area (Å²) in [4.78, 5) is 38.4. The summed E-state index contributed by atoms with van der Waals surface area (Å²) in [7, 11) is 0. The van der Waals surface area contributed by atoms with Crippen LogP contribution >= 0.6 is 23.2 Å². The summed E-state index contributed by atoms with van der Waals surface area (Å²) >= 11 is 11.5. The number of nitrogens with zero attached hydrogens (tertiary/aromatic N) is 5. The molecule has 142 valence electrons. The van der Waals surface area contributed by atoms with Gasteiger partial charge in [0.2, 0.25) is 5.91 Å². The van der Waals surface area contributed by atoms with Crippen molar-refractivity contribution in [2.75, 3.05) is 31.1 Å². The second kappa shape index (κ2) is 7.93. The van der Waals surface area contributed by atoms with E-state index in [1.165, 1.54) is 18.3 Å². The van der Waals surface area contributed by atoms with Crippen molar-refractivity contribution in [1.82, 2.24) is 14.7 Å². The third-order valence-electron chi connectivity index (χ3n) is 4.29. The number of hydrogen-bond acceptors (Lipinski definition) is 6. The maximum Gasteiger partial charge on any atom is 0.287 e. The van der Waals surface area contributed by atoms with Gasteiger partial charge in [-0.3, -0.25) is 19.7 Å². The molecule has 0 bridgehead atoms. The number of hydrogen-bond donors (Lipinski definition) is 0. The summed E-state index contributed by atoms with van der Waals surface area (Å²) in [6.07, 6.45) is 1.23. The number of aromatic nitrogens is 2. The normalized spacial score (nSPS) is 14.3. The van der Waals surface area contributed by atoms with Gasteiger partial charge in [-0.25, -0.2) is 4.68 Å². The van der Waals surface area contributed by atoms with Crippen LogP contribution in [0.4, 0.5) is 11.4 Å². The van der Waals surface area contributed by atoms with Crippen LogP contribution in [-0.4, -0.2) is 51.7 Å². The first-order valence-corrected chi connectivity index (χ1v) is 8.80. The fraction of sp³-hybridized carbons (Fsp3) is 0.312. The molecule has 1 aromatic heterocycles. The predicted molar refractivity (Wildman–Crippen MR) is 100 cm³/mol. The van der Waals surface area contributed by atoms with E-state index in [1.54, 1.807) is 17.0 Å². The van der Waals surface area contributed by atoms with E-state index in [0.29, 0.717) is 26.2 Å². The van der Waals surface area contributed by atoms with Gasteiger partial charge >= 0.3 is 0 Å². The third-order valence-corrected chi connectivity index (χ3v) is 5.03. The lowest BCUT2D eigenvalue weighted by atomic mass is 10.2. The number of non-ortho nitro benzene ring substituents is 1. The number of carbonyl (C=O) groups excluding carboxylic acids is 1. The minimum Gasteiger partial charge on any atom is -0.368 e. The van der Waals surface area contributed by atoms with Gasteiger partial charge < -0.3 is 9.80 Å². The van der Waals surface area contributed by atoms with Crippen LogP contribution in [-0.2, 0) is 11.3 Å². The summed E-state index contributed by atoms with van der Waals surface area (Å²) in [6.45, 7) is 1.87. The highest BCUT2D eigenvalue weighted by Crippen LogP contribution is 2.21. The molecule has 2 aromatic rings. The Morgan fingerprint density at radius 3 is 2.37 bits per heavy atom. The van der Waals surface area contributed by atoms with Crippen molar-refractivity contribution in [3.05, 3.63) is 61.0 Å². The van der Waals surface area contributed by atoms with Crippen LogP contribution in [0.1, 0.15) is 0 Å². The molecular formula is C16H15Cl2N5O4. The number of rotatable bonds is 4. The van der Waals surface area contributed by atoms with E-state index in [0.717, 1.165) is 10.4 Å². The standard InChI is InChI=1S/C16H15Cl2N5O4/c17-13-9-19-22(16(25)15(13)18)10-14(24)21-7-5-20(6-8-21)11-1-3-12(4-2-11)23(26)27/h1-4,9H,5-8,10H2. The Bertz CT molecular complexity index is 923. The van der Waals surface area contributed by atoms with Gasteiger partial charge in [0.1, 0.15) is 11.6 Å². The molecule has 3 rings (SSSR count). The van der Waals surface area contributed by atoms with Crippen molar-refractivity contribution >= 4 is 40.5 Å². The summed E-state index contributed by atoms with van der Waals surface area (Å²) in [5.74, 6) is -0.244. The van der Waals surface area contributed by atoms with E-state index < -0.39 is 10.5 Å². The molecule has 1 amide bonds. The zero-order chi connectivity index (χ0) is 19.6. The fourth-order valence-electron chi connectivity index (χ4n) is 2.78. The molecule has 0 spiro atoms. The van der Waals surface area contributed by atoms with Gasteiger partial charge in [0.25, 0.3) is 11.2 Å². The van der Waals surface area contributed by atoms with Crippen LogP contribution in [0, 0.1) is 10.1 Å². The van der Waals surface area contributed by atoms with Gasteiger partial charge in [0, 0.05) is 44.0 Å². The van der Waals surface area contributed by atoms with E-state index >= 15 is 0 Å². The first-order valence-electron chi connectivity index (χ1n) is 8.05. The number of anilines is 1. The Morgan fingerprint density at radius 1 is 1.15 bits per heavy atom. The average Bonchev–Trinajstić information content (AvgIpc) is 2.68. The Hall–Kier alpha value is -2.65. The fourth-order valence-corrected chi connectivity index (χ4v) is 3.06. The van der Waals surface area contributed by atoms with Gasteiger partial charge in [-0.2, -0.15) is 5.10 Å². The average molecular weight is 412 g/mol. The second-order valence-corrected chi connectivity index (χ2v) is 6.70. The van der Waals surface area contributed by atoms with Crippen LogP contribution in [0.15, 0.2) is 35.3 Å². The summed E-state index contributed by atoms with van der Waals surface area (Å²) in [5.41, 5.74) is 0.282. The Balaban J connectivity index is 1.60. The maximum absolute atomic E-state index is 12.4. The number of nitro groups is 1. The lowest BCUT2D eigenvalue weighted by Gasteiger charge is -2.36. The van der Waals surface area contributed by atoms with Gasteiger partial charge in [-0.1, -0.05) is 23.2 Å². The number of carbonyl (C=O) groups is 1. The number of amides is 1. The largest absolute Gasteiger partial charge is 0.368 e. The van der Waals surface area contributed by atoms with E-state index in [9.17, 15) is 19.7 Å². The molecule has 1 aliphatic heterocycles. The lowest BCUT2D eigenvalue weighted by Crippen LogP contribution is -2.50. The molecule has 1 aliphatic rings. The summed E-state index contributed by atoms with van der Waals surface area (Å²) in [5, 5.41) is 14.4. The molecule has 0 atom stereocenters. The van der Waals surface area contributed by atoms with Crippen molar-refractivity contribution in [2.24, 2.45) is 0 Å². The van der Waals surface area contributed by atoms with E-state index in [1.807, 2.05) is 4.90 Å². The molecule has 11 heteroatoms. The van der Waals surface area contributed by atoms with Crippen molar-refractivity contribution in [1.29, 1.82) is 0 Å². The molecule has 0 aliphatic carbocycles. The molecular weight excluding hydrogens is 397 g/mol. The van der Waals surface area contributed by atoms with Gasteiger partial charge in [-0.05, 0) is 12.1 Å². The van der Waals surface area contributed by atoms with E-state index in [4.69, 9.17) is 23.2 Å². The number of nitro benzene ring substituents is 1. The van der Waals surface area contributed by atoms with Crippen LogP contribution in [0.3, 0.4) is 0 Å². The van der Waals surface area contributed by atoms with Crippen molar-refractivity contribution in [3.63, 3.8) is 0 Å². The molecule has 0 radical (unpaired) electrons. The van der Waals surface area contributed by atoms with Crippen molar-refractivity contribution in [3.8, 4) is 0 Å². The highest BCUT2D eigenvalue weighted by Gasteiger charge is 2.23. The first kappa shape index (κ1) is 19.1. The van der Waals surface area contributed by atoms with Crippen LogP contribution in [0.2, 0.25) is 10.0 Å². The maximum atomic E-state index is 12.4. The highest BCUT2D eigenvalue weighted by molar-refractivity contribution is 6.41. The van der Waals surface area contributed by atoms with Gasteiger partial charge in [-0.15, -0.1) is 0 Å². The lowest BCUT2D eigenvalue weighted by molar-refractivity contribution is -0.384. The summed E-state index contributed by atoms with van der Waals surface area (Å²) in [6, 6.07) is 6.29.